The van der Waals surface area contributed by atoms with Gasteiger partial charge in [-0.05, 0) is 77.0 Å². The molecule has 0 aliphatic carbocycles. The van der Waals surface area contributed by atoms with Crippen molar-refractivity contribution in [2.45, 2.75) is 283 Å². The Morgan fingerprint density at radius 3 is 1.14 bits per heavy atom. The molecule has 414 valence electrons. The van der Waals surface area contributed by atoms with Crippen molar-refractivity contribution >= 4 is 17.9 Å². The van der Waals surface area contributed by atoms with Crippen molar-refractivity contribution in [1.82, 2.24) is 0 Å². The number of unbranched alkanes of at least 4 members (excludes halogenated alkanes) is 32. The van der Waals surface area contributed by atoms with Gasteiger partial charge < -0.3 is 28.5 Å². The molecule has 0 spiro atoms. The molecule has 2 unspecified atom stereocenters. The molecule has 0 amide bonds. The van der Waals surface area contributed by atoms with Crippen LogP contribution in [0.15, 0.2) is 48.6 Å². The fraction of sp³-hybridized carbons (Fsp3) is 0.823. The van der Waals surface area contributed by atoms with E-state index in [0.29, 0.717) is 17.4 Å². The first-order valence-corrected chi connectivity index (χ1v) is 29.8. The highest BCUT2D eigenvalue weighted by atomic mass is 16.7. The Hall–Kier alpha value is -2.75. The minimum atomic E-state index is -1.51. The van der Waals surface area contributed by atoms with Gasteiger partial charge in [0.1, 0.15) is 13.2 Å². The number of allylic oxidation sites excluding steroid dienone is 8. The van der Waals surface area contributed by atoms with E-state index in [-0.39, 0.29) is 32.2 Å². The van der Waals surface area contributed by atoms with Crippen molar-refractivity contribution in [2.24, 2.45) is 0 Å². The molecule has 0 rings (SSSR count). The lowest BCUT2D eigenvalue weighted by Crippen LogP contribution is -2.40. The van der Waals surface area contributed by atoms with Crippen LogP contribution in [0.25, 0.3) is 0 Å². The Morgan fingerprint density at radius 1 is 0.423 bits per heavy atom. The van der Waals surface area contributed by atoms with Gasteiger partial charge in [-0.3, -0.25) is 9.59 Å². The predicted octanol–water partition coefficient (Wildman–Crippen LogP) is 17.5. The molecule has 1 N–H and O–H groups in total. The van der Waals surface area contributed by atoms with Gasteiger partial charge in [-0.25, -0.2) is 4.79 Å². The average Bonchev–Trinajstić information content (AvgIpc) is 3.34. The summed E-state index contributed by atoms with van der Waals surface area (Å²) in [5, 5.41) is 9.69. The number of esters is 2. The fourth-order valence-corrected chi connectivity index (χ4v) is 8.43. The molecule has 0 aromatic rings. The highest BCUT2D eigenvalue weighted by Crippen LogP contribution is 2.16. The van der Waals surface area contributed by atoms with Crippen LogP contribution in [0.2, 0.25) is 0 Å². The molecular weight excluding hydrogens is 887 g/mol. The molecule has 0 aromatic heterocycles. The first-order chi connectivity index (χ1) is 34.6. The monoisotopic (exact) mass is 1000 g/mol. The van der Waals surface area contributed by atoms with Crippen molar-refractivity contribution in [2.75, 3.05) is 47.5 Å². The number of nitrogens with zero attached hydrogens (tertiary/aromatic N) is 1. The van der Waals surface area contributed by atoms with E-state index in [1.165, 1.54) is 173 Å². The zero-order valence-corrected chi connectivity index (χ0v) is 47.1. The molecule has 0 fully saturated rings. The van der Waals surface area contributed by atoms with Gasteiger partial charge in [-0.15, -0.1) is 0 Å². The van der Waals surface area contributed by atoms with Crippen LogP contribution in [-0.2, 0) is 33.3 Å². The third-order valence-corrected chi connectivity index (χ3v) is 13.1. The van der Waals surface area contributed by atoms with E-state index in [9.17, 15) is 19.5 Å². The molecule has 0 saturated heterocycles. The maximum atomic E-state index is 12.9. The van der Waals surface area contributed by atoms with Crippen LogP contribution in [0.1, 0.15) is 271 Å². The number of carboxylic acid groups (broad SMARTS) is 1. The first-order valence-electron chi connectivity index (χ1n) is 29.8. The summed E-state index contributed by atoms with van der Waals surface area (Å²) in [7, 11) is 5.97. The maximum absolute atomic E-state index is 12.9. The number of likely N-dealkylation sites (N-methyl/N-ethyl adjacent to an activating group) is 1. The van der Waals surface area contributed by atoms with E-state index < -0.39 is 24.3 Å². The number of quaternary nitrogens is 1. The summed E-state index contributed by atoms with van der Waals surface area (Å²) in [6.07, 6.45) is 63.4. The van der Waals surface area contributed by atoms with E-state index in [1.807, 2.05) is 21.1 Å². The predicted molar refractivity (Wildman–Crippen MR) is 300 cm³/mol. The highest BCUT2D eigenvalue weighted by molar-refractivity contribution is 5.71. The lowest BCUT2D eigenvalue weighted by Gasteiger charge is -2.25. The SMILES string of the molecule is CCCCCCC/C=C\C/C=C\C/C=C\CCCCCCCCCCCCCCCCCCC(=O)OC(COC(=O)CCCCCCC/C=C\CCCCCCCC)COC(OCC[N+](C)(C)C)C(=O)O. The van der Waals surface area contributed by atoms with E-state index in [4.69, 9.17) is 18.9 Å². The normalized spacial score (nSPS) is 13.1. The summed E-state index contributed by atoms with van der Waals surface area (Å²) in [6, 6.07) is 0. The Labute approximate surface area is 438 Å². The molecule has 71 heavy (non-hydrogen) atoms. The second-order valence-corrected chi connectivity index (χ2v) is 21.3. The Kier molecular flexibility index (Phi) is 51.5. The number of carboxylic acids is 1. The molecule has 0 aliphatic heterocycles. The zero-order valence-electron chi connectivity index (χ0n) is 47.1. The molecule has 0 aliphatic rings. The van der Waals surface area contributed by atoms with E-state index in [0.717, 1.165) is 70.6 Å². The van der Waals surface area contributed by atoms with Crippen LogP contribution >= 0.6 is 0 Å². The van der Waals surface area contributed by atoms with Crippen molar-refractivity contribution in [3.05, 3.63) is 48.6 Å². The quantitative estimate of drug-likeness (QED) is 0.0211. The molecule has 9 heteroatoms. The van der Waals surface area contributed by atoms with Gasteiger partial charge in [-0.2, -0.15) is 0 Å². The number of aliphatic carboxylic acids is 1. The van der Waals surface area contributed by atoms with Crippen LogP contribution in [0.5, 0.6) is 0 Å². The maximum Gasteiger partial charge on any atom is 0.361 e. The second-order valence-electron chi connectivity index (χ2n) is 21.3. The van der Waals surface area contributed by atoms with E-state index >= 15 is 0 Å². The third-order valence-electron chi connectivity index (χ3n) is 13.1. The van der Waals surface area contributed by atoms with Gasteiger partial charge in [0.25, 0.3) is 6.29 Å². The number of ether oxygens (including phenoxy) is 4. The number of carbonyl (C=O) groups is 3. The highest BCUT2D eigenvalue weighted by Gasteiger charge is 2.25. The lowest BCUT2D eigenvalue weighted by molar-refractivity contribution is -0.870. The molecule has 0 aromatic carbocycles. The van der Waals surface area contributed by atoms with Gasteiger partial charge >= 0.3 is 17.9 Å². The molecule has 2 atom stereocenters. The van der Waals surface area contributed by atoms with Crippen LogP contribution < -0.4 is 0 Å². The van der Waals surface area contributed by atoms with E-state index in [2.05, 4.69) is 62.5 Å². The lowest BCUT2D eigenvalue weighted by atomic mass is 10.0. The minimum Gasteiger partial charge on any atom is -0.477 e. The summed E-state index contributed by atoms with van der Waals surface area (Å²) in [4.78, 5) is 37.4. The molecule has 0 saturated carbocycles. The first kappa shape index (κ1) is 68.2. The summed E-state index contributed by atoms with van der Waals surface area (Å²) in [6.45, 7) is 4.87. The van der Waals surface area contributed by atoms with Crippen LogP contribution in [-0.4, -0.2) is 87.4 Å². The number of hydrogen-bond acceptors (Lipinski definition) is 7. The molecule has 0 heterocycles. The average molecular weight is 1000 g/mol. The van der Waals surface area contributed by atoms with Crippen molar-refractivity contribution in [3.8, 4) is 0 Å². The minimum absolute atomic E-state index is 0.184. The van der Waals surface area contributed by atoms with Gasteiger partial charge in [0.05, 0.1) is 34.4 Å². The fourth-order valence-electron chi connectivity index (χ4n) is 8.43. The van der Waals surface area contributed by atoms with Crippen LogP contribution in [0, 0.1) is 0 Å². The number of carbonyl (C=O) groups excluding carboxylic acids is 2. The van der Waals surface area contributed by atoms with Gasteiger partial charge in [-0.1, -0.05) is 229 Å². The topological polar surface area (TPSA) is 108 Å². The Balaban J connectivity index is 4.14. The summed E-state index contributed by atoms with van der Waals surface area (Å²) in [5.41, 5.74) is 0. The smallest absolute Gasteiger partial charge is 0.361 e. The largest absolute Gasteiger partial charge is 0.477 e. The van der Waals surface area contributed by atoms with Gasteiger partial charge in [0.2, 0.25) is 0 Å². The standard InChI is InChI=1S/C62H113NO8/c1-6-8-10-12-14-16-18-20-22-23-24-25-26-27-28-29-30-31-32-33-34-35-36-37-39-41-43-45-47-49-51-53-60(65)71-58(57-70-62(61(66)67)68-55-54-63(3,4)5)56-69-59(64)52-50-48-46-44-42-40-38-21-19-17-15-13-11-9-7-2/h18,20-21,23-24,26-27,38,58,62H,6-17,19,22,25,28-37,39-57H2,1-5H3/p+1/b20-18-,24-23-,27-26-,38-21-. The van der Waals surface area contributed by atoms with Crippen molar-refractivity contribution in [3.63, 3.8) is 0 Å². The van der Waals surface area contributed by atoms with Crippen molar-refractivity contribution in [1.29, 1.82) is 0 Å². The summed E-state index contributed by atoms with van der Waals surface area (Å²) < 4.78 is 22.9. The molecule has 0 radical (unpaired) electrons. The Morgan fingerprint density at radius 2 is 0.761 bits per heavy atom. The van der Waals surface area contributed by atoms with Crippen molar-refractivity contribution < 1.29 is 42.9 Å². The van der Waals surface area contributed by atoms with Gasteiger partial charge in [0.15, 0.2) is 6.10 Å². The van der Waals surface area contributed by atoms with Crippen LogP contribution in [0.3, 0.4) is 0 Å². The van der Waals surface area contributed by atoms with Crippen LogP contribution in [0.4, 0.5) is 0 Å². The summed E-state index contributed by atoms with van der Waals surface area (Å²) in [5.74, 6) is -2.01. The van der Waals surface area contributed by atoms with E-state index in [1.54, 1.807) is 0 Å². The summed E-state index contributed by atoms with van der Waals surface area (Å²) >= 11 is 0. The number of rotatable bonds is 55. The Bertz CT molecular complexity index is 1300. The molecule has 9 nitrogen and oxygen atoms in total. The molecular formula is C62H114NO8+. The molecule has 0 bridgehead atoms. The second kappa shape index (κ2) is 53.5. The van der Waals surface area contributed by atoms with Gasteiger partial charge in [0, 0.05) is 12.8 Å². The number of hydrogen-bond donors (Lipinski definition) is 1. The zero-order chi connectivity index (χ0) is 52.0. The third kappa shape index (κ3) is 54.9.